The zero-order valence-electron chi connectivity index (χ0n) is 7.36. The van der Waals surface area contributed by atoms with Crippen LogP contribution in [-0.2, 0) is 11.3 Å². The standard InChI is InChI=1S/C11H7NO2/c13-10-6-12-8-4-2-1-3-7(8)5-9(12)11(10)14/h1-5H,6H2. The third-order valence-corrected chi connectivity index (χ3v) is 2.60. The predicted molar refractivity (Wildman–Crippen MR) is 51.3 cm³/mol. The highest BCUT2D eigenvalue weighted by Crippen LogP contribution is 2.24. The topological polar surface area (TPSA) is 39.1 Å². The molecular formula is C11H7NO2. The zero-order chi connectivity index (χ0) is 9.71. The maximum Gasteiger partial charge on any atom is 0.246 e. The number of para-hydroxylation sites is 1. The number of rotatable bonds is 0. The van der Waals surface area contributed by atoms with E-state index in [1.165, 1.54) is 0 Å². The second-order valence-corrected chi connectivity index (χ2v) is 3.43. The molecule has 1 aromatic heterocycles. The maximum absolute atomic E-state index is 11.4. The number of hydrogen-bond acceptors (Lipinski definition) is 2. The van der Waals surface area contributed by atoms with Crippen LogP contribution in [0.5, 0.6) is 0 Å². The number of carbonyl (C=O) groups is 2. The first kappa shape index (κ1) is 7.50. The molecule has 1 aliphatic rings. The smallest absolute Gasteiger partial charge is 0.246 e. The lowest BCUT2D eigenvalue weighted by atomic mass is 10.2. The van der Waals surface area contributed by atoms with Crippen molar-refractivity contribution in [1.29, 1.82) is 0 Å². The molecule has 0 aliphatic carbocycles. The molecule has 0 radical (unpaired) electrons. The second-order valence-electron chi connectivity index (χ2n) is 3.43. The summed E-state index contributed by atoms with van der Waals surface area (Å²) >= 11 is 0. The number of hydrogen-bond donors (Lipinski definition) is 0. The first-order valence-electron chi connectivity index (χ1n) is 4.43. The van der Waals surface area contributed by atoms with Crippen LogP contribution in [0.15, 0.2) is 30.3 Å². The molecule has 0 bridgehead atoms. The fourth-order valence-electron chi connectivity index (χ4n) is 1.93. The van der Waals surface area contributed by atoms with E-state index in [9.17, 15) is 9.59 Å². The molecule has 2 heterocycles. The average Bonchev–Trinajstić information content (AvgIpc) is 2.67. The molecule has 14 heavy (non-hydrogen) atoms. The van der Waals surface area contributed by atoms with Crippen LogP contribution >= 0.6 is 0 Å². The fraction of sp³-hybridized carbons (Fsp3) is 0.0909. The van der Waals surface area contributed by atoms with Gasteiger partial charge in [-0.3, -0.25) is 9.59 Å². The molecule has 68 valence electrons. The molecule has 3 nitrogen and oxygen atoms in total. The molecule has 0 saturated carbocycles. The maximum atomic E-state index is 11.4. The summed E-state index contributed by atoms with van der Waals surface area (Å²) in [6, 6.07) is 9.47. The summed E-state index contributed by atoms with van der Waals surface area (Å²) in [4.78, 5) is 22.6. The third kappa shape index (κ3) is 0.763. The number of aromatic nitrogens is 1. The van der Waals surface area contributed by atoms with Gasteiger partial charge in [-0.2, -0.15) is 0 Å². The number of carbonyl (C=O) groups excluding carboxylic acids is 2. The summed E-state index contributed by atoms with van der Waals surface area (Å²) in [5.74, 6) is -0.674. The summed E-state index contributed by atoms with van der Waals surface area (Å²) < 4.78 is 1.78. The van der Waals surface area contributed by atoms with Crippen molar-refractivity contribution in [3.05, 3.63) is 36.0 Å². The van der Waals surface area contributed by atoms with Crippen LogP contribution in [-0.4, -0.2) is 16.1 Å². The van der Waals surface area contributed by atoms with Gasteiger partial charge in [-0.1, -0.05) is 18.2 Å². The van der Waals surface area contributed by atoms with Gasteiger partial charge in [0.25, 0.3) is 0 Å². The van der Waals surface area contributed by atoms with E-state index in [-0.39, 0.29) is 18.1 Å². The quantitative estimate of drug-likeness (QED) is 0.582. The van der Waals surface area contributed by atoms with Crippen LogP contribution in [0.3, 0.4) is 0 Å². The highest BCUT2D eigenvalue weighted by Gasteiger charge is 2.29. The Hall–Kier alpha value is -1.90. The van der Waals surface area contributed by atoms with Crippen LogP contribution in [0, 0.1) is 0 Å². The molecule has 0 fully saturated rings. The molecule has 0 amide bonds. The fourth-order valence-corrected chi connectivity index (χ4v) is 1.93. The SMILES string of the molecule is O=C1Cn2c(cc3ccccc32)C1=O. The molecule has 2 aromatic rings. The van der Waals surface area contributed by atoms with Crippen molar-refractivity contribution < 1.29 is 9.59 Å². The normalized spacial score (nSPS) is 15.1. The zero-order valence-corrected chi connectivity index (χ0v) is 7.36. The lowest BCUT2D eigenvalue weighted by Gasteiger charge is -1.96. The summed E-state index contributed by atoms with van der Waals surface area (Å²) in [5, 5.41) is 1.02. The van der Waals surface area contributed by atoms with Gasteiger partial charge in [-0.25, -0.2) is 0 Å². The van der Waals surface area contributed by atoms with E-state index in [2.05, 4.69) is 0 Å². The van der Waals surface area contributed by atoms with Crippen LogP contribution in [0.25, 0.3) is 10.9 Å². The first-order chi connectivity index (χ1) is 6.77. The molecule has 0 spiro atoms. The number of Topliss-reactive ketones (excluding diaryl/α,β-unsaturated/α-hetero) is 2. The van der Waals surface area contributed by atoms with Crippen molar-refractivity contribution in [3.8, 4) is 0 Å². The summed E-state index contributed by atoms with van der Waals surface area (Å²) in [7, 11) is 0. The minimum Gasteiger partial charge on any atom is -0.330 e. The molecule has 0 saturated heterocycles. The van der Waals surface area contributed by atoms with E-state index in [1.807, 2.05) is 24.3 Å². The predicted octanol–water partition coefficient (Wildman–Crippen LogP) is 1.41. The average molecular weight is 185 g/mol. The molecule has 0 unspecified atom stereocenters. The van der Waals surface area contributed by atoms with Gasteiger partial charge in [0.1, 0.15) is 0 Å². The Morgan fingerprint density at radius 2 is 1.93 bits per heavy atom. The second kappa shape index (κ2) is 2.32. The highest BCUT2D eigenvalue weighted by molar-refractivity contribution is 6.45. The third-order valence-electron chi connectivity index (χ3n) is 2.60. The number of nitrogens with zero attached hydrogens (tertiary/aromatic N) is 1. The van der Waals surface area contributed by atoms with Crippen molar-refractivity contribution in [2.45, 2.75) is 6.54 Å². The summed E-state index contributed by atoms with van der Waals surface area (Å²) in [6.45, 7) is 0.196. The number of fused-ring (bicyclic) bond motifs is 3. The van der Waals surface area contributed by atoms with Gasteiger partial charge in [0.15, 0.2) is 0 Å². The Balaban J connectivity index is 2.41. The van der Waals surface area contributed by atoms with Gasteiger partial charge in [0, 0.05) is 10.9 Å². The molecule has 0 N–H and O–H groups in total. The lowest BCUT2D eigenvalue weighted by Crippen LogP contribution is -2.06. The van der Waals surface area contributed by atoms with E-state index in [0.29, 0.717) is 5.69 Å². The van der Waals surface area contributed by atoms with E-state index >= 15 is 0 Å². The molecule has 1 aromatic carbocycles. The van der Waals surface area contributed by atoms with Crippen molar-refractivity contribution >= 4 is 22.5 Å². The summed E-state index contributed by atoms with van der Waals surface area (Å²) in [6.07, 6.45) is 0. The Morgan fingerprint density at radius 3 is 2.79 bits per heavy atom. The van der Waals surface area contributed by atoms with E-state index in [4.69, 9.17) is 0 Å². The minimum atomic E-state index is -0.360. The highest BCUT2D eigenvalue weighted by atomic mass is 16.2. The van der Waals surface area contributed by atoms with Gasteiger partial charge in [0.05, 0.1) is 12.2 Å². The first-order valence-corrected chi connectivity index (χ1v) is 4.43. The molecule has 3 rings (SSSR count). The summed E-state index contributed by atoms with van der Waals surface area (Å²) in [5.41, 5.74) is 1.48. The van der Waals surface area contributed by atoms with Crippen molar-refractivity contribution in [2.24, 2.45) is 0 Å². The van der Waals surface area contributed by atoms with Crippen LogP contribution in [0.2, 0.25) is 0 Å². The van der Waals surface area contributed by atoms with Crippen molar-refractivity contribution in [1.82, 2.24) is 4.57 Å². The minimum absolute atomic E-state index is 0.196. The Morgan fingerprint density at radius 1 is 1.14 bits per heavy atom. The number of benzene rings is 1. The lowest BCUT2D eigenvalue weighted by molar-refractivity contribution is -0.114. The van der Waals surface area contributed by atoms with Crippen LogP contribution < -0.4 is 0 Å². The van der Waals surface area contributed by atoms with E-state index < -0.39 is 0 Å². The van der Waals surface area contributed by atoms with Gasteiger partial charge in [-0.15, -0.1) is 0 Å². The van der Waals surface area contributed by atoms with Crippen LogP contribution in [0.1, 0.15) is 10.5 Å². The molecule has 1 aliphatic heterocycles. The number of ketones is 2. The van der Waals surface area contributed by atoms with Gasteiger partial charge < -0.3 is 4.57 Å². The molecule has 3 heteroatoms. The Labute approximate surface area is 79.9 Å². The van der Waals surface area contributed by atoms with Gasteiger partial charge in [-0.05, 0) is 12.1 Å². The molecule has 0 atom stereocenters. The van der Waals surface area contributed by atoms with E-state index in [1.54, 1.807) is 10.6 Å². The monoisotopic (exact) mass is 185 g/mol. The molecular weight excluding hydrogens is 178 g/mol. The van der Waals surface area contributed by atoms with Gasteiger partial charge in [0.2, 0.25) is 11.6 Å². The Kier molecular flexibility index (Phi) is 1.24. The Bertz CT molecular complexity index is 566. The largest absolute Gasteiger partial charge is 0.330 e. The van der Waals surface area contributed by atoms with Gasteiger partial charge >= 0.3 is 0 Å². The van der Waals surface area contributed by atoms with Crippen molar-refractivity contribution in [3.63, 3.8) is 0 Å². The van der Waals surface area contributed by atoms with E-state index in [0.717, 1.165) is 10.9 Å². The van der Waals surface area contributed by atoms with Crippen LogP contribution in [0.4, 0.5) is 0 Å². The van der Waals surface area contributed by atoms with Crippen molar-refractivity contribution in [2.75, 3.05) is 0 Å².